The van der Waals surface area contributed by atoms with Crippen molar-refractivity contribution in [2.75, 3.05) is 12.3 Å². The monoisotopic (exact) mass is 164 g/mol. The van der Waals surface area contributed by atoms with Gasteiger partial charge in [-0.2, -0.15) is 0 Å². The Labute approximate surface area is 71.9 Å². The third-order valence-electron chi connectivity index (χ3n) is 1.26. The van der Waals surface area contributed by atoms with Crippen LogP contribution in [-0.2, 0) is 0 Å². The van der Waals surface area contributed by atoms with Gasteiger partial charge in [0.1, 0.15) is 6.61 Å². The summed E-state index contributed by atoms with van der Waals surface area (Å²) in [5.74, 6) is 0.473. The fraction of sp³-hybridized carbons (Fsp3) is 0.222. The molecule has 0 amide bonds. The summed E-state index contributed by atoms with van der Waals surface area (Å²) < 4.78 is 5.26. The van der Waals surface area contributed by atoms with E-state index in [4.69, 9.17) is 10.5 Å². The smallest absolute Gasteiger partial charge is 0.237 e. The minimum absolute atomic E-state index is 0.460. The first-order valence-electron chi connectivity index (χ1n) is 3.68. The molecule has 1 aromatic rings. The zero-order chi connectivity index (χ0) is 8.97. The molecule has 0 radical (unpaired) electrons. The third-order valence-corrected chi connectivity index (χ3v) is 1.26. The van der Waals surface area contributed by atoms with E-state index in [1.165, 1.54) is 0 Å². The standard InChI is InChI=1S/C9H12N2O/c1-7(2)6-12-9-8(10)4-3-5-11-9/h3-5H,1,6,10H2,2H3. The molecule has 1 heterocycles. The van der Waals surface area contributed by atoms with Crippen LogP contribution in [0.1, 0.15) is 6.92 Å². The highest BCUT2D eigenvalue weighted by molar-refractivity contribution is 5.46. The Kier molecular flexibility index (Phi) is 2.69. The maximum absolute atomic E-state index is 5.59. The van der Waals surface area contributed by atoms with Gasteiger partial charge in [0.25, 0.3) is 0 Å². The van der Waals surface area contributed by atoms with Gasteiger partial charge < -0.3 is 10.5 Å². The second-order valence-electron chi connectivity index (χ2n) is 2.64. The number of anilines is 1. The van der Waals surface area contributed by atoms with Crippen LogP contribution in [0.15, 0.2) is 30.5 Å². The second-order valence-corrected chi connectivity index (χ2v) is 2.64. The van der Waals surface area contributed by atoms with E-state index >= 15 is 0 Å². The van der Waals surface area contributed by atoms with E-state index in [0.717, 1.165) is 5.57 Å². The van der Waals surface area contributed by atoms with Crippen molar-refractivity contribution in [2.45, 2.75) is 6.92 Å². The molecule has 0 spiro atoms. The fourth-order valence-electron chi connectivity index (χ4n) is 0.715. The highest BCUT2D eigenvalue weighted by Crippen LogP contribution is 2.15. The van der Waals surface area contributed by atoms with E-state index in [2.05, 4.69) is 11.6 Å². The molecule has 0 aliphatic rings. The van der Waals surface area contributed by atoms with Gasteiger partial charge in [-0.1, -0.05) is 6.58 Å². The van der Waals surface area contributed by atoms with Gasteiger partial charge in [0, 0.05) is 6.20 Å². The SMILES string of the molecule is C=C(C)COc1ncccc1N. The molecule has 0 aromatic carbocycles. The average molecular weight is 164 g/mol. The van der Waals surface area contributed by atoms with Crippen LogP contribution < -0.4 is 10.5 Å². The van der Waals surface area contributed by atoms with Crippen molar-refractivity contribution in [3.05, 3.63) is 30.5 Å². The average Bonchev–Trinajstić information content (AvgIpc) is 2.03. The van der Waals surface area contributed by atoms with Gasteiger partial charge in [0.15, 0.2) is 0 Å². The lowest BCUT2D eigenvalue weighted by molar-refractivity contribution is 0.341. The van der Waals surface area contributed by atoms with Crippen molar-refractivity contribution in [2.24, 2.45) is 0 Å². The van der Waals surface area contributed by atoms with Gasteiger partial charge in [-0.25, -0.2) is 4.98 Å². The molecule has 0 unspecified atom stereocenters. The van der Waals surface area contributed by atoms with E-state index in [-0.39, 0.29) is 0 Å². The van der Waals surface area contributed by atoms with Crippen molar-refractivity contribution in [3.63, 3.8) is 0 Å². The predicted octanol–water partition coefficient (Wildman–Crippen LogP) is 1.62. The number of pyridine rings is 1. The molecule has 3 heteroatoms. The van der Waals surface area contributed by atoms with Gasteiger partial charge >= 0.3 is 0 Å². The third kappa shape index (κ3) is 2.27. The van der Waals surface area contributed by atoms with Crippen LogP contribution >= 0.6 is 0 Å². The van der Waals surface area contributed by atoms with E-state index in [0.29, 0.717) is 18.2 Å². The zero-order valence-corrected chi connectivity index (χ0v) is 7.08. The molecule has 0 fully saturated rings. The van der Waals surface area contributed by atoms with Crippen LogP contribution in [-0.4, -0.2) is 11.6 Å². The summed E-state index contributed by atoms with van der Waals surface area (Å²) in [5.41, 5.74) is 7.09. The number of ether oxygens (including phenoxy) is 1. The van der Waals surface area contributed by atoms with Crippen molar-refractivity contribution in [3.8, 4) is 5.88 Å². The normalized spacial score (nSPS) is 9.42. The number of nitrogen functional groups attached to an aromatic ring is 1. The molecule has 1 rings (SSSR count). The van der Waals surface area contributed by atoms with Crippen LogP contribution in [0.2, 0.25) is 0 Å². The Hall–Kier alpha value is -1.51. The number of aromatic nitrogens is 1. The summed E-state index contributed by atoms with van der Waals surface area (Å²) in [4.78, 5) is 3.96. The molecule has 3 nitrogen and oxygen atoms in total. The van der Waals surface area contributed by atoms with Crippen molar-refractivity contribution in [1.29, 1.82) is 0 Å². The van der Waals surface area contributed by atoms with Crippen molar-refractivity contribution < 1.29 is 4.74 Å². The van der Waals surface area contributed by atoms with E-state index in [1.54, 1.807) is 18.3 Å². The summed E-state index contributed by atoms with van der Waals surface area (Å²) in [6, 6.07) is 3.52. The molecule has 64 valence electrons. The maximum Gasteiger partial charge on any atom is 0.237 e. The topological polar surface area (TPSA) is 48.1 Å². The van der Waals surface area contributed by atoms with Gasteiger partial charge in [-0.3, -0.25) is 0 Å². The van der Waals surface area contributed by atoms with Gasteiger partial charge in [-0.05, 0) is 24.6 Å². The lowest BCUT2D eigenvalue weighted by atomic mass is 10.4. The Morgan fingerprint density at radius 1 is 1.75 bits per heavy atom. The van der Waals surface area contributed by atoms with Gasteiger partial charge in [0.2, 0.25) is 5.88 Å². The summed E-state index contributed by atoms with van der Waals surface area (Å²) in [5, 5.41) is 0. The van der Waals surface area contributed by atoms with E-state index in [1.807, 2.05) is 6.92 Å². The summed E-state index contributed by atoms with van der Waals surface area (Å²) in [6.07, 6.45) is 1.64. The van der Waals surface area contributed by atoms with Crippen LogP contribution in [0.25, 0.3) is 0 Å². The first kappa shape index (κ1) is 8.59. The summed E-state index contributed by atoms with van der Waals surface area (Å²) in [6.45, 7) is 6.05. The maximum atomic E-state index is 5.59. The molecular formula is C9H12N2O. The van der Waals surface area contributed by atoms with Crippen LogP contribution in [0.3, 0.4) is 0 Å². The fourth-order valence-corrected chi connectivity index (χ4v) is 0.715. The van der Waals surface area contributed by atoms with Gasteiger partial charge in [-0.15, -0.1) is 0 Å². The van der Waals surface area contributed by atoms with Crippen molar-refractivity contribution >= 4 is 5.69 Å². The Balaban J connectivity index is 2.63. The molecule has 0 aliphatic carbocycles. The Morgan fingerprint density at radius 2 is 2.50 bits per heavy atom. The zero-order valence-electron chi connectivity index (χ0n) is 7.08. The minimum atomic E-state index is 0.460. The number of hydrogen-bond acceptors (Lipinski definition) is 3. The quantitative estimate of drug-likeness (QED) is 0.690. The molecule has 1 aromatic heterocycles. The Bertz CT molecular complexity index is 284. The number of nitrogens with two attached hydrogens (primary N) is 1. The molecule has 0 bridgehead atoms. The second kappa shape index (κ2) is 3.76. The molecule has 12 heavy (non-hydrogen) atoms. The molecule has 0 saturated carbocycles. The largest absolute Gasteiger partial charge is 0.472 e. The van der Waals surface area contributed by atoms with Crippen LogP contribution in [0.5, 0.6) is 5.88 Å². The highest BCUT2D eigenvalue weighted by atomic mass is 16.5. The lowest BCUT2D eigenvalue weighted by Gasteiger charge is -2.05. The summed E-state index contributed by atoms with van der Waals surface area (Å²) in [7, 11) is 0. The Morgan fingerprint density at radius 3 is 3.08 bits per heavy atom. The number of nitrogens with zero attached hydrogens (tertiary/aromatic N) is 1. The molecule has 0 atom stereocenters. The predicted molar refractivity (Wildman–Crippen MR) is 49.0 cm³/mol. The molecular weight excluding hydrogens is 152 g/mol. The molecule has 0 saturated heterocycles. The van der Waals surface area contributed by atoms with Gasteiger partial charge in [0.05, 0.1) is 5.69 Å². The first-order chi connectivity index (χ1) is 5.70. The highest BCUT2D eigenvalue weighted by Gasteiger charge is 1.98. The lowest BCUT2D eigenvalue weighted by Crippen LogP contribution is -2.02. The van der Waals surface area contributed by atoms with E-state index in [9.17, 15) is 0 Å². The molecule has 0 aliphatic heterocycles. The van der Waals surface area contributed by atoms with Crippen LogP contribution in [0, 0.1) is 0 Å². The van der Waals surface area contributed by atoms with Crippen molar-refractivity contribution in [1.82, 2.24) is 4.98 Å². The number of hydrogen-bond donors (Lipinski definition) is 1. The summed E-state index contributed by atoms with van der Waals surface area (Å²) >= 11 is 0. The number of rotatable bonds is 3. The molecule has 2 N–H and O–H groups in total. The first-order valence-corrected chi connectivity index (χ1v) is 3.68. The van der Waals surface area contributed by atoms with E-state index < -0.39 is 0 Å². The van der Waals surface area contributed by atoms with Crippen LogP contribution in [0.4, 0.5) is 5.69 Å². The minimum Gasteiger partial charge on any atom is -0.472 e.